The molecule has 0 fully saturated rings. The van der Waals surface area contributed by atoms with Gasteiger partial charge in [-0.2, -0.15) is 4.98 Å². The van der Waals surface area contributed by atoms with Gasteiger partial charge < -0.3 is 18.3 Å². The number of aryl methyl sites for hydroxylation is 2. The van der Waals surface area contributed by atoms with Gasteiger partial charge in [0.1, 0.15) is 10.1 Å². The van der Waals surface area contributed by atoms with Gasteiger partial charge in [0, 0.05) is 30.4 Å². The van der Waals surface area contributed by atoms with E-state index in [1.807, 2.05) is 110 Å². The Morgan fingerprint density at radius 2 is 1.74 bits per heavy atom. The minimum absolute atomic E-state index is 0.178. The second-order valence-electron chi connectivity index (χ2n) is 8.28. The van der Waals surface area contributed by atoms with Gasteiger partial charge >= 0.3 is 11.5 Å². The summed E-state index contributed by atoms with van der Waals surface area (Å²) in [5.41, 5.74) is 3.86. The van der Waals surface area contributed by atoms with Crippen molar-refractivity contribution in [2.45, 2.75) is 11.8 Å². The molecule has 10 heteroatoms. The Bertz CT molecular complexity index is 1780. The van der Waals surface area contributed by atoms with Gasteiger partial charge in [0.15, 0.2) is 11.2 Å². The summed E-state index contributed by atoms with van der Waals surface area (Å²) in [6.07, 6.45) is 20.9. The third-order valence-electron chi connectivity index (χ3n) is 5.32. The quantitative estimate of drug-likeness (QED) is 0.220. The van der Waals surface area contributed by atoms with E-state index in [0.29, 0.717) is 11.4 Å². The molecule has 0 amide bonds. The number of hydrogen-bond donors (Lipinski definition) is 0. The molecule has 194 valence electrons. The molecular weight excluding hydrogens is 504 g/mol. The zero-order chi connectivity index (χ0) is 27.1. The third kappa shape index (κ3) is 6.81. The highest BCUT2D eigenvalue weighted by molar-refractivity contribution is 7.85. The molecule has 9 nitrogen and oxygen atoms in total. The maximum absolute atomic E-state index is 10.4. The van der Waals surface area contributed by atoms with Gasteiger partial charge in [0.05, 0.1) is 18.1 Å². The number of fused-ring (bicyclic) bond motifs is 2. The number of hydrogen-bond acceptors (Lipinski definition) is 8. The van der Waals surface area contributed by atoms with E-state index < -0.39 is 10.1 Å². The van der Waals surface area contributed by atoms with Crippen LogP contribution in [0.4, 0.5) is 5.82 Å². The lowest BCUT2D eigenvalue weighted by Gasteiger charge is -2.10. The van der Waals surface area contributed by atoms with Crippen molar-refractivity contribution in [3.63, 3.8) is 0 Å². The van der Waals surface area contributed by atoms with Gasteiger partial charge in [-0.3, -0.25) is 0 Å². The molecule has 1 aliphatic rings. The van der Waals surface area contributed by atoms with Gasteiger partial charge in [-0.15, -0.1) is 0 Å². The zero-order valence-corrected chi connectivity index (χ0v) is 21.9. The second-order valence-corrected chi connectivity index (χ2v) is 9.66. The fraction of sp³-hybridized carbons (Fsp3) is 0.107. The molecule has 1 aromatic carbocycles. The Hall–Kier alpha value is -4.54. The number of anilines is 1. The first-order valence-corrected chi connectivity index (χ1v) is 13.0. The number of aromatic nitrogens is 3. The molecule has 0 N–H and O–H groups in total. The predicted molar refractivity (Wildman–Crippen MR) is 144 cm³/mol. The van der Waals surface area contributed by atoms with Gasteiger partial charge in [0.25, 0.3) is 0 Å². The van der Waals surface area contributed by atoms with E-state index in [4.69, 9.17) is 8.83 Å². The second kappa shape index (κ2) is 11.7. The summed E-state index contributed by atoms with van der Waals surface area (Å²) in [4.78, 5) is 10.6. The Morgan fingerprint density at radius 1 is 1.00 bits per heavy atom. The van der Waals surface area contributed by atoms with Gasteiger partial charge in [-0.25, -0.2) is 13.0 Å². The summed E-state index contributed by atoms with van der Waals surface area (Å²) in [5, 5.41) is 0. The maximum atomic E-state index is 10.4. The summed E-state index contributed by atoms with van der Waals surface area (Å²) in [6.45, 7) is 1.82. The van der Waals surface area contributed by atoms with Crippen LogP contribution in [0.3, 0.4) is 0 Å². The predicted octanol–water partition coefficient (Wildman–Crippen LogP) is 2.89. The Kier molecular flexibility index (Phi) is 8.15. The molecule has 0 radical (unpaired) electrons. The highest BCUT2D eigenvalue weighted by Gasteiger charge is 2.13. The topological polar surface area (TPSA) is 116 Å². The van der Waals surface area contributed by atoms with Crippen LogP contribution in [-0.4, -0.2) is 30.0 Å². The molecule has 0 spiro atoms. The van der Waals surface area contributed by atoms with Crippen LogP contribution >= 0.6 is 0 Å². The Labute approximate surface area is 220 Å². The molecule has 0 atom stereocenters. The molecule has 0 bridgehead atoms. The summed E-state index contributed by atoms with van der Waals surface area (Å²) < 4.78 is 44.4. The molecule has 38 heavy (non-hydrogen) atoms. The lowest BCUT2D eigenvalue weighted by Crippen LogP contribution is -2.27. The molecule has 3 aromatic heterocycles. The van der Waals surface area contributed by atoms with E-state index in [0.717, 1.165) is 28.0 Å². The summed E-state index contributed by atoms with van der Waals surface area (Å²) in [6, 6.07) is 9.62. The van der Waals surface area contributed by atoms with E-state index in [2.05, 4.69) is 9.97 Å². The van der Waals surface area contributed by atoms with Crippen molar-refractivity contribution in [1.29, 1.82) is 0 Å². The average molecular weight is 531 g/mol. The van der Waals surface area contributed by atoms with Crippen molar-refractivity contribution in [3.05, 3.63) is 108 Å². The van der Waals surface area contributed by atoms with Crippen molar-refractivity contribution in [1.82, 2.24) is 9.97 Å². The molecule has 1 aliphatic heterocycles. The van der Waals surface area contributed by atoms with Crippen LogP contribution in [0.15, 0.2) is 99.0 Å². The molecule has 0 saturated carbocycles. The smallest absolute Gasteiger partial charge is 0.370 e. The van der Waals surface area contributed by atoms with Crippen molar-refractivity contribution in [2.24, 2.45) is 7.05 Å². The number of allylic oxidation sites excluding steroid dienone is 6. The Balaban J connectivity index is 0.000000257. The number of rotatable bonds is 5. The zero-order valence-electron chi connectivity index (χ0n) is 21.1. The largest absolute Gasteiger partial charge is 0.744 e. The number of benzene rings is 1. The van der Waals surface area contributed by atoms with Crippen molar-refractivity contribution < 1.29 is 26.4 Å². The minimum Gasteiger partial charge on any atom is -0.744 e. The monoisotopic (exact) mass is 530 g/mol. The van der Waals surface area contributed by atoms with Crippen molar-refractivity contribution >= 4 is 45.4 Å². The standard InChI is InChI=1S/C21H19N4O2.C7H8O3S/c1-24-14-8-10-16-20(24)22-18(26-16)12-6-4-3-5-7-13-19-23-21-17(27-19)11-9-15-25(21)2;1-6-2-4-7(5-3-6)11(8,9)10/h3-15H,1-2H3;2-5H,1H3,(H,8,9,10)/q+1;/p-1. The Morgan fingerprint density at radius 3 is 2.45 bits per heavy atom. The first-order chi connectivity index (χ1) is 18.2. The van der Waals surface area contributed by atoms with E-state index >= 15 is 0 Å². The molecule has 4 aromatic rings. The van der Waals surface area contributed by atoms with Crippen LogP contribution in [-0.2, 0) is 17.2 Å². The molecular formula is C28H26N4O5S. The average Bonchev–Trinajstić information content (AvgIpc) is 3.49. The van der Waals surface area contributed by atoms with Crippen LogP contribution in [0.25, 0.3) is 29.5 Å². The van der Waals surface area contributed by atoms with Crippen LogP contribution < -0.4 is 20.4 Å². The van der Waals surface area contributed by atoms with Crippen molar-refractivity contribution in [2.75, 3.05) is 11.9 Å². The molecule has 0 unspecified atom stereocenters. The minimum atomic E-state index is -4.27. The highest BCUT2D eigenvalue weighted by atomic mass is 32.2. The molecule has 5 rings (SSSR count). The van der Waals surface area contributed by atoms with Gasteiger partial charge in [-0.1, -0.05) is 48.1 Å². The summed E-state index contributed by atoms with van der Waals surface area (Å²) in [7, 11) is -0.388. The molecule has 4 heterocycles. The lowest BCUT2D eigenvalue weighted by molar-refractivity contribution is -0.646. The lowest BCUT2D eigenvalue weighted by atomic mass is 10.2. The number of oxazole rings is 2. The van der Waals surface area contributed by atoms with E-state index in [1.54, 1.807) is 12.1 Å². The summed E-state index contributed by atoms with van der Waals surface area (Å²) in [5.74, 6) is 1.40. The number of nitrogens with zero attached hydrogens (tertiary/aromatic N) is 4. The summed E-state index contributed by atoms with van der Waals surface area (Å²) >= 11 is 0. The highest BCUT2D eigenvalue weighted by Crippen LogP contribution is 2.12. The first kappa shape index (κ1) is 26.5. The SMILES string of the molecule is CN1C=CC=c2o/c(=C/C=C/C=C/C=C/c3nc4c(ccc[n+]4C)o3)nc21.Cc1ccc(S(=O)(=O)[O-])cc1. The first-order valence-electron chi connectivity index (χ1n) is 11.6. The molecule has 0 aliphatic carbocycles. The van der Waals surface area contributed by atoms with Gasteiger partial charge in [-0.05, 0) is 43.3 Å². The van der Waals surface area contributed by atoms with E-state index in [-0.39, 0.29) is 4.90 Å². The molecule has 0 saturated heterocycles. The fourth-order valence-electron chi connectivity index (χ4n) is 3.38. The van der Waals surface area contributed by atoms with E-state index in [9.17, 15) is 13.0 Å². The van der Waals surface area contributed by atoms with E-state index in [1.165, 1.54) is 12.1 Å². The van der Waals surface area contributed by atoms with Gasteiger partial charge in [0.2, 0.25) is 11.1 Å². The van der Waals surface area contributed by atoms with Crippen molar-refractivity contribution in [3.8, 4) is 0 Å². The maximum Gasteiger partial charge on any atom is 0.370 e. The van der Waals surface area contributed by atoms with Crippen LogP contribution in [0.1, 0.15) is 11.5 Å². The van der Waals surface area contributed by atoms with Crippen LogP contribution in [0.2, 0.25) is 0 Å². The van der Waals surface area contributed by atoms with Crippen LogP contribution in [0, 0.1) is 6.92 Å². The normalized spacial score (nSPS) is 13.9. The van der Waals surface area contributed by atoms with Crippen LogP contribution in [0.5, 0.6) is 0 Å². The fourth-order valence-corrected chi connectivity index (χ4v) is 3.85. The third-order valence-corrected chi connectivity index (χ3v) is 6.17. The number of pyridine rings is 1.